The Labute approximate surface area is 410 Å². The Bertz CT molecular complexity index is 3980. The lowest BCUT2D eigenvalue weighted by molar-refractivity contribution is 0.835. The first-order valence-corrected chi connectivity index (χ1v) is 30.0. The van der Waals surface area contributed by atoms with Gasteiger partial charge in [0.15, 0.2) is 0 Å². The van der Waals surface area contributed by atoms with Gasteiger partial charge in [-0.1, -0.05) is 215 Å². The maximum atomic E-state index is 14.6. The van der Waals surface area contributed by atoms with Gasteiger partial charge < -0.3 is 0 Å². The molecule has 0 aliphatic carbocycles. The zero-order valence-corrected chi connectivity index (χ0v) is 44.6. The van der Waals surface area contributed by atoms with Gasteiger partial charge in [-0.15, -0.1) is 0 Å². The summed E-state index contributed by atoms with van der Waals surface area (Å²) >= 11 is 0. The van der Waals surface area contributed by atoms with Crippen LogP contribution in [0.25, 0.3) is 108 Å². The lowest BCUT2D eigenvalue weighted by atomic mass is 9.89. The van der Waals surface area contributed by atoms with Crippen LogP contribution in [-0.2, 0) is 0 Å². The summed E-state index contributed by atoms with van der Waals surface area (Å²) in [6.45, 7) is 28.6. The molecule has 0 amide bonds. The van der Waals surface area contributed by atoms with Crippen molar-refractivity contribution >= 4 is 134 Å². The highest BCUT2D eigenvalue weighted by atomic mass is 28.3. The van der Waals surface area contributed by atoms with Gasteiger partial charge in [0, 0.05) is 21.5 Å². The van der Waals surface area contributed by atoms with Crippen LogP contribution >= 0.6 is 0 Å². The fraction of sp³-hybridized carbons (Fsp3) is 0.281. The second kappa shape index (κ2) is 16.1. The third kappa shape index (κ3) is 5.99. The normalized spacial score (nSPS) is 13.3. The van der Waals surface area contributed by atoms with E-state index in [4.69, 9.17) is 0 Å². The smallest absolute Gasteiger partial charge is 0.234 e. The first-order chi connectivity index (χ1) is 33.4. The lowest BCUT2D eigenvalue weighted by Crippen LogP contribution is -2.55. The predicted octanol–water partition coefficient (Wildman–Crippen LogP) is 15.3. The van der Waals surface area contributed by atoms with E-state index in [9.17, 15) is 19.2 Å². The molecule has 0 aliphatic rings. The molecule has 0 saturated carbocycles. The molecule has 0 N–H and O–H groups in total. The highest BCUT2D eigenvalue weighted by molar-refractivity contribution is 6.95. The van der Waals surface area contributed by atoms with Crippen molar-refractivity contribution in [2.45, 2.75) is 116 Å². The minimum Gasteiger partial charge on any atom is -0.285 e. The average molecular weight is 951 g/mol. The summed E-state index contributed by atoms with van der Waals surface area (Å²) in [5.41, 5.74) is 1.19. The highest BCUT2D eigenvalue weighted by Gasteiger charge is 2.45. The minimum atomic E-state index is -1.97. The molecule has 4 nitrogen and oxygen atoms in total. The van der Waals surface area contributed by atoms with Crippen molar-refractivity contribution in [1.82, 2.24) is 0 Å². The Morgan fingerprint density at radius 1 is 0.243 bits per heavy atom. The van der Waals surface area contributed by atoms with Gasteiger partial charge in [-0.2, -0.15) is 0 Å². The van der Waals surface area contributed by atoms with Crippen LogP contribution in [0.4, 0.5) is 0 Å². The molecule has 0 fully saturated rings. The molecule has 11 rings (SSSR count). The summed E-state index contributed by atoms with van der Waals surface area (Å²) in [7, 11) is -3.95. The predicted molar refractivity (Wildman–Crippen MR) is 310 cm³/mol. The van der Waals surface area contributed by atoms with Gasteiger partial charge in [0.2, 0.25) is 21.7 Å². The van der Waals surface area contributed by atoms with Crippen molar-refractivity contribution in [1.29, 1.82) is 0 Å². The summed E-state index contributed by atoms with van der Waals surface area (Å²) in [5.74, 6) is 0. The van der Waals surface area contributed by atoms with Gasteiger partial charge in [-0.25, -0.2) is 0 Å². The molecule has 350 valence electrons. The molecular weight excluding hydrogens is 889 g/mol. The van der Waals surface area contributed by atoms with Crippen molar-refractivity contribution in [3.63, 3.8) is 0 Å². The molecule has 0 saturated heterocycles. The van der Waals surface area contributed by atoms with Gasteiger partial charge in [0.25, 0.3) is 0 Å². The third-order valence-corrected chi connectivity index (χ3v) is 32.0. The van der Waals surface area contributed by atoms with E-state index in [1.165, 1.54) is 10.4 Å². The molecule has 11 aromatic carbocycles. The molecule has 0 aromatic heterocycles. The first kappa shape index (κ1) is 46.1. The van der Waals surface area contributed by atoms with E-state index in [0.717, 1.165) is 75.4 Å². The standard InChI is InChI=1S/C64H62O4Si2/c1-33(2)69(34(3)4,35(5)6)41-17-13-39-15-19-47-45(55(39)31-41)23-27-53-51-25-21-43-44-22-26-52-54-28-24-46-48(20-16-40-14-18-42(32-56(40)46)70(36(7)8,37(9)10)38(11)12)58(54)62(66)64(68)60(52)50(44)30-29-49(43)59(51)63(67)61(65)57(47)53/h13-38H,1-12H3. The molecule has 6 heteroatoms. The molecule has 0 bridgehead atoms. The summed E-state index contributed by atoms with van der Waals surface area (Å²) in [5, 5.41) is 18.3. The number of rotatable bonds is 8. The van der Waals surface area contributed by atoms with Crippen molar-refractivity contribution in [2.75, 3.05) is 0 Å². The average Bonchev–Trinajstić information content (AvgIpc) is 3.32. The Kier molecular flexibility index (Phi) is 10.6. The van der Waals surface area contributed by atoms with E-state index in [1.54, 1.807) is 0 Å². The van der Waals surface area contributed by atoms with Crippen molar-refractivity contribution in [3.05, 3.63) is 162 Å². The number of benzene rings is 11. The van der Waals surface area contributed by atoms with Crippen molar-refractivity contribution in [2.24, 2.45) is 0 Å². The van der Waals surface area contributed by atoms with Crippen molar-refractivity contribution in [3.8, 4) is 0 Å². The molecule has 0 aliphatic heterocycles. The van der Waals surface area contributed by atoms with Crippen LogP contribution in [0.5, 0.6) is 0 Å². The van der Waals surface area contributed by atoms with E-state index in [2.05, 4.69) is 144 Å². The summed E-state index contributed by atoms with van der Waals surface area (Å²) in [4.78, 5) is 58.4. The van der Waals surface area contributed by atoms with E-state index >= 15 is 0 Å². The Morgan fingerprint density at radius 3 is 0.671 bits per heavy atom. The van der Waals surface area contributed by atoms with E-state index in [-0.39, 0.29) is 0 Å². The van der Waals surface area contributed by atoms with E-state index in [1.807, 2.05) is 60.7 Å². The zero-order valence-electron chi connectivity index (χ0n) is 42.6. The van der Waals surface area contributed by atoms with E-state index < -0.39 is 37.9 Å². The van der Waals surface area contributed by atoms with Crippen LogP contribution in [0.2, 0.25) is 33.2 Å². The second-order valence-corrected chi connectivity index (χ2v) is 34.3. The fourth-order valence-electron chi connectivity index (χ4n) is 15.4. The third-order valence-electron chi connectivity index (χ3n) is 17.9. The van der Waals surface area contributed by atoms with Gasteiger partial charge in [-0.3, -0.25) is 19.2 Å². The second-order valence-electron chi connectivity index (χ2n) is 22.5. The van der Waals surface area contributed by atoms with Gasteiger partial charge in [0.1, 0.15) is 0 Å². The maximum Gasteiger partial charge on any atom is 0.234 e. The van der Waals surface area contributed by atoms with Crippen LogP contribution in [0, 0.1) is 0 Å². The maximum absolute atomic E-state index is 14.6. The van der Waals surface area contributed by atoms with Crippen molar-refractivity contribution < 1.29 is 0 Å². The molecule has 0 radical (unpaired) electrons. The van der Waals surface area contributed by atoms with Gasteiger partial charge >= 0.3 is 0 Å². The highest BCUT2D eigenvalue weighted by Crippen LogP contribution is 2.45. The van der Waals surface area contributed by atoms with Crippen LogP contribution in [-0.4, -0.2) is 16.1 Å². The molecule has 0 unspecified atom stereocenters. The number of fused-ring (bicyclic) bond motifs is 19. The van der Waals surface area contributed by atoms with Gasteiger partial charge in [0.05, 0.1) is 16.1 Å². The minimum absolute atomic E-state index is 0.378. The largest absolute Gasteiger partial charge is 0.285 e. The number of hydrogen-bond donors (Lipinski definition) is 0. The van der Waals surface area contributed by atoms with Crippen LogP contribution in [0.3, 0.4) is 0 Å². The van der Waals surface area contributed by atoms with Crippen LogP contribution in [0.15, 0.2) is 141 Å². The van der Waals surface area contributed by atoms with E-state index in [0.29, 0.717) is 65.6 Å². The van der Waals surface area contributed by atoms with Crippen LogP contribution in [0.1, 0.15) is 83.1 Å². The Hall–Kier alpha value is -6.35. The summed E-state index contributed by atoms with van der Waals surface area (Å²) in [6.07, 6.45) is 0. The SMILES string of the molecule is CC(C)[Si](c1ccc2ccc3c(ccc4c5ccc6c7ccc8c9ccc%10c%11cc([Si](C(C)C)(C(C)C)C(C)C)ccc%11ccc%10c9c(=O)c(=O)c8c7ccc6c5c(=O)c(=O)c34)c2c1)(C(C)C)C(C)C. The lowest BCUT2D eigenvalue weighted by Gasteiger charge is -2.43. The Morgan fingerprint density at radius 2 is 0.429 bits per heavy atom. The zero-order chi connectivity index (χ0) is 49.6. The van der Waals surface area contributed by atoms with Crippen LogP contribution < -0.4 is 32.1 Å². The summed E-state index contributed by atoms with van der Waals surface area (Å²) < 4.78 is 0. The number of hydrogen-bond acceptors (Lipinski definition) is 4. The summed E-state index contributed by atoms with van der Waals surface area (Å²) in [6, 6.07) is 42.1. The molecule has 70 heavy (non-hydrogen) atoms. The first-order valence-electron chi connectivity index (χ1n) is 25.6. The molecular formula is C64H62O4Si2. The monoisotopic (exact) mass is 950 g/mol. The molecule has 0 spiro atoms. The Balaban J connectivity index is 1.11. The molecule has 11 aromatic rings. The topological polar surface area (TPSA) is 68.3 Å². The molecule has 0 atom stereocenters. The molecule has 0 heterocycles. The fourth-order valence-corrected chi connectivity index (χ4v) is 28.9. The van der Waals surface area contributed by atoms with Gasteiger partial charge in [-0.05, 0) is 119 Å². The quantitative estimate of drug-likeness (QED) is 0.0864.